The summed E-state index contributed by atoms with van der Waals surface area (Å²) in [5.74, 6) is -1.86. The van der Waals surface area contributed by atoms with E-state index in [1.54, 1.807) is 12.2 Å². The summed E-state index contributed by atoms with van der Waals surface area (Å²) in [7, 11) is 0. The molecule has 3 rings (SSSR count). The Morgan fingerprint density at radius 1 is 1.35 bits per heavy atom. The van der Waals surface area contributed by atoms with Gasteiger partial charge in [0.1, 0.15) is 6.04 Å². The first-order valence-corrected chi connectivity index (χ1v) is 8.35. The van der Waals surface area contributed by atoms with Gasteiger partial charge in [0.05, 0.1) is 17.4 Å². The summed E-state index contributed by atoms with van der Waals surface area (Å²) in [6.45, 7) is 3.65. The molecule has 23 heavy (non-hydrogen) atoms. The molecule has 1 aromatic carbocycles. The smallest absolute Gasteiger partial charge is 0.327 e. The molecule has 2 heterocycles. The SMILES string of the molecule is CC1(C)S[C@@H]2[C@@H](C(O)/C=C/c3ccccc3)C(=O)N2[C@H]1C(=O)O. The standard InChI is InChI=1S/C17H19NO4S/c1-17(2)13(16(21)22)18-14(20)12(15(18)23-17)11(19)9-8-10-6-4-3-5-7-10/h3-9,11-13,15,19H,1-2H3,(H,21,22)/b9-8+/t11?,12-,13-,15+/m0/s1. The quantitative estimate of drug-likeness (QED) is 0.822. The minimum absolute atomic E-state index is 0.283. The van der Waals surface area contributed by atoms with Crippen molar-refractivity contribution in [3.8, 4) is 0 Å². The zero-order chi connectivity index (χ0) is 16.8. The molecule has 0 aliphatic carbocycles. The number of amides is 1. The number of carboxylic acids is 1. The van der Waals surface area contributed by atoms with Crippen molar-refractivity contribution in [2.45, 2.75) is 36.1 Å². The molecule has 0 saturated carbocycles. The van der Waals surface area contributed by atoms with Crippen LogP contribution in [0.25, 0.3) is 6.08 Å². The lowest BCUT2D eigenvalue weighted by Gasteiger charge is -2.44. The Bertz CT molecular complexity index is 658. The summed E-state index contributed by atoms with van der Waals surface area (Å²) in [5.41, 5.74) is 0.943. The molecule has 0 aromatic heterocycles. The van der Waals surface area contributed by atoms with Crippen molar-refractivity contribution in [3.63, 3.8) is 0 Å². The molecule has 0 bridgehead atoms. The summed E-state index contributed by atoms with van der Waals surface area (Å²) in [4.78, 5) is 25.2. The maximum absolute atomic E-state index is 12.4. The van der Waals surface area contributed by atoms with Crippen molar-refractivity contribution < 1.29 is 19.8 Å². The number of hydrogen-bond donors (Lipinski definition) is 2. The number of fused-ring (bicyclic) bond motifs is 1. The molecule has 122 valence electrons. The molecule has 2 aliphatic rings. The largest absolute Gasteiger partial charge is 0.480 e. The number of carbonyl (C=O) groups excluding carboxylic acids is 1. The molecule has 1 amide bonds. The van der Waals surface area contributed by atoms with Gasteiger partial charge in [0.15, 0.2) is 0 Å². The number of aliphatic hydroxyl groups excluding tert-OH is 1. The van der Waals surface area contributed by atoms with Gasteiger partial charge in [0.2, 0.25) is 5.91 Å². The van der Waals surface area contributed by atoms with E-state index < -0.39 is 28.8 Å². The first-order valence-electron chi connectivity index (χ1n) is 7.47. The molecule has 6 heteroatoms. The minimum Gasteiger partial charge on any atom is -0.480 e. The second kappa shape index (κ2) is 5.69. The number of hydrogen-bond acceptors (Lipinski definition) is 4. The van der Waals surface area contributed by atoms with Gasteiger partial charge in [0.25, 0.3) is 0 Å². The summed E-state index contributed by atoms with van der Waals surface area (Å²) < 4.78 is -0.566. The normalized spacial score (nSPS) is 30.1. The van der Waals surface area contributed by atoms with Gasteiger partial charge in [-0.1, -0.05) is 42.5 Å². The van der Waals surface area contributed by atoms with Crippen molar-refractivity contribution >= 4 is 29.7 Å². The van der Waals surface area contributed by atoms with Gasteiger partial charge >= 0.3 is 5.97 Å². The number of rotatable bonds is 4. The highest BCUT2D eigenvalue weighted by Gasteiger charge is 2.64. The lowest BCUT2D eigenvalue weighted by Crippen LogP contribution is -2.65. The van der Waals surface area contributed by atoms with E-state index >= 15 is 0 Å². The number of carboxylic acid groups (broad SMARTS) is 1. The zero-order valence-corrected chi connectivity index (χ0v) is 13.7. The maximum atomic E-state index is 12.4. The van der Waals surface area contributed by atoms with E-state index in [1.165, 1.54) is 16.7 Å². The van der Waals surface area contributed by atoms with E-state index in [2.05, 4.69) is 0 Å². The third kappa shape index (κ3) is 2.66. The van der Waals surface area contributed by atoms with Crippen LogP contribution in [0.5, 0.6) is 0 Å². The number of aliphatic hydroxyl groups is 1. The van der Waals surface area contributed by atoms with Crippen molar-refractivity contribution in [1.29, 1.82) is 0 Å². The third-order valence-corrected chi connectivity index (χ3v) is 5.96. The lowest BCUT2D eigenvalue weighted by atomic mass is 9.87. The maximum Gasteiger partial charge on any atom is 0.327 e. The fraction of sp³-hybridized carbons (Fsp3) is 0.412. The fourth-order valence-corrected chi connectivity index (χ4v) is 4.98. The van der Waals surface area contributed by atoms with Gasteiger partial charge in [-0.05, 0) is 19.4 Å². The number of β-lactam (4-membered cyclic amide) rings is 1. The van der Waals surface area contributed by atoms with Crippen LogP contribution in [0.1, 0.15) is 19.4 Å². The van der Waals surface area contributed by atoms with E-state index in [4.69, 9.17) is 0 Å². The third-order valence-electron chi connectivity index (χ3n) is 4.37. The second-order valence-corrected chi connectivity index (χ2v) is 8.16. The van der Waals surface area contributed by atoms with Gasteiger partial charge in [-0.15, -0.1) is 11.8 Å². The molecule has 2 saturated heterocycles. The molecule has 5 nitrogen and oxygen atoms in total. The molecule has 4 atom stereocenters. The van der Waals surface area contributed by atoms with Crippen molar-refractivity contribution in [2.75, 3.05) is 0 Å². The predicted molar refractivity (Wildman–Crippen MR) is 88.7 cm³/mol. The van der Waals surface area contributed by atoms with Crippen LogP contribution in [0.2, 0.25) is 0 Å². The Morgan fingerprint density at radius 3 is 2.61 bits per heavy atom. The first kappa shape index (κ1) is 16.1. The van der Waals surface area contributed by atoms with E-state index in [1.807, 2.05) is 44.2 Å². The molecular formula is C17H19NO4S. The number of aliphatic carboxylic acids is 1. The minimum atomic E-state index is -0.994. The van der Waals surface area contributed by atoms with E-state index in [0.29, 0.717) is 0 Å². The van der Waals surface area contributed by atoms with Crippen LogP contribution in [0.4, 0.5) is 0 Å². The monoisotopic (exact) mass is 333 g/mol. The number of thioether (sulfide) groups is 1. The summed E-state index contributed by atoms with van der Waals surface area (Å²) in [6, 6.07) is 8.68. The van der Waals surface area contributed by atoms with E-state index in [-0.39, 0.29) is 11.3 Å². The average molecular weight is 333 g/mol. The van der Waals surface area contributed by atoms with Crippen LogP contribution >= 0.6 is 11.8 Å². The topological polar surface area (TPSA) is 77.8 Å². The molecule has 2 fully saturated rings. The van der Waals surface area contributed by atoms with E-state index in [0.717, 1.165) is 5.56 Å². The van der Waals surface area contributed by atoms with Crippen LogP contribution in [0, 0.1) is 5.92 Å². The van der Waals surface area contributed by atoms with Crippen LogP contribution < -0.4 is 0 Å². The Hall–Kier alpha value is -1.79. The Kier molecular flexibility index (Phi) is 3.98. The molecule has 2 N–H and O–H groups in total. The van der Waals surface area contributed by atoms with Gasteiger partial charge in [-0.25, -0.2) is 4.79 Å². The number of carbonyl (C=O) groups is 2. The average Bonchev–Trinajstić information content (AvgIpc) is 2.74. The summed E-state index contributed by atoms with van der Waals surface area (Å²) in [6.07, 6.45) is 2.47. The fourth-order valence-electron chi connectivity index (χ4n) is 3.25. The molecule has 1 aromatic rings. The molecule has 0 spiro atoms. The van der Waals surface area contributed by atoms with Crippen LogP contribution in [0.3, 0.4) is 0 Å². The Morgan fingerprint density at radius 2 is 2.00 bits per heavy atom. The number of nitrogens with zero attached hydrogens (tertiary/aromatic N) is 1. The molecule has 1 unspecified atom stereocenters. The highest BCUT2D eigenvalue weighted by Crippen LogP contribution is 2.54. The van der Waals surface area contributed by atoms with Gasteiger partial charge in [-0.2, -0.15) is 0 Å². The Balaban J connectivity index is 1.75. The highest BCUT2D eigenvalue weighted by atomic mass is 32.2. The van der Waals surface area contributed by atoms with Crippen LogP contribution in [-0.2, 0) is 9.59 Å². The van der Waals surface area contributed by atoms with Gasteiger partial charge in [-0.3, -0.25) is 4.79 Å². The van der Waals surface area contributed by atoms with Crippen molar-refractivity contribution in [3.05, 3.63) is 42.0 Å². The number of benzene rings is 1. The summed E-state index contributed by atoms with van der Waals surface area (Å²) >= 11 is 1.45. The highest BCUT2D eigenvalue weighted by molar-refractivity contribution is 8.01. The molecule has 0 radical (unpaired) electrons. The second-order valence-electron chi connectivity index (χ2n) is 6.38. The van der Waals surface area contributed by atoms with Gasteiger partial charge in [0, 0.05) is 4.75 Å². The first-order chi connectivity index (χ1) is 10.8. The zero-order valence-electron chi connectivity index (χ0n) is 12.9. The molecular weight excluding hydrogens is 314 g/mol. The van der Waals surface area contributed by atoms with Gasteiger partial charge < -0.3 is 15.1 Å². The predicted octanol–water partition coefficient (Wildman–Crippen LogP) is 1.82. The van der Waals surface area contributed by atoms with Crippen LogP contribution in [0.15, 0.2) is 36.4 Å². The Labute approximate surface area is 139 Å². The van der Waals surface area contributed by atoms with E-state index in [9.17, 15) is 19.8 Å². The van der Waals surface area contributed by atoms with Crippen LogP contribution in [-0.4, -0.2) is 49.3 Å². The lowest BCUT2D eigenvalue weighted by molar-refractivity contribution is -0.167. The molecule has 2 aliphatic heterocycles. The van der Waals surface area contributed by atoms with Crippen molar-refractivity contribution in [2.24, 2.45) is 5.92 Å². The summed E-state index contributed by atoms with van der Waals surface area (Å²) in [5, 5.41) is 19.4. The van der Waals surface area contributed by atoms with Crippen molar-refractivity contribution in [1.82, 2.24) is 4.90 Å².